The van der Waals surface area contributed by atoms with Crippen molar-refractivity contribution in [2.75, 3.05) is 4.90 Å². The first-order valence-corrected chi connectivity index (χ1v) is 23.5. The largest absolute Gasteiger partial charge is 0.457 e. The maximum Gasteiger partial charge on any atom is 0.135 e. The second-order valence-electron chi connectivity index (χ2n) is 17.8. The molecule has 3 nitrogen and oxygen atoms in total. The topological polar surface area (TPSA) is 25.6 Å². The third-order valence-electron chi connectivity index (χ3n) is 14.8. The van der Waals surface area contributed by atoms with Crippen molar-refractivity contribution >= 4 is 50.8 Å². The van der Waals surface area contributed by atoms with Gasteiger partial charge in [-0.3, -0.25) is 0 Å². The molecule has 0 saturated carbocycles. The van der Waals surface area contributed by atoms with Gasteiger partial charge < -0.3 is 14.1 Å². The van der Waals surface area contributed by atoms with Crippen molar-refractivity contribution < 1.29 is 9.15 Å². The Morgan fingerprint density at radius 1 is 0.348 bits per heavy atom. The number of fused-ring (bicyclic) bond motifs is 21. The zero-order valence-corrected chi connectivity index (χ0v) is 36.4. The summed E-state index contributed by atoms with van der Waals surface area (Å²) < 4.78 is 13.2. The van der Waals surface area contributed by atoms with Gasteiger partial charge in [0.2, 0.25) is 0 Å². The zero-order valence-electron chi connectivity index (χ0n) is 35.5. The lowest BCUT2D eigenvalue weighted by Crippen LogP contribution is -2.32. The molecular weight excluding hydrogens is 823 g/mol. The molecule has 4 heteroatoms. The highest BCUT2D eigenvalue weighted by molar-refractivity contribution is 7.99. The minimum Gasteiger partial charge on any atom is -0.457 e. The molecule has 2 spiro atoms. The van der Waals surface area contributed by atoms with Crippen LogP contribution in [0.25, 0.3) is 44.2 Å². The molecule has 0 unspecified atom stereocenters. The van der Waals surface area contributed by atoms with E-state index in [9.17, 15) is 0 Å². The average molecular weight is 860 g/mol. The predicted octanol–water partition coefficient (Wildman–Crippen LogP) is 16.4. The van der Waals surface area contributed by atoms with Crippen LogP contribution in [0.3, 0.4) is 0 Å². The molecular formula is C62H37NO2S. The summed E-state index contributed by atoms with van der Waals surface area (Å²) >= 11 is 1.88. The van der Waals surface area contributed by atoms with Crippen molar-refractivity contribution in [3.05, 3.63) is 269 Å². The first-order chi connectivity index (χ1) is 32.7. The van der Waals surface area contributed by atoms with Crippen molar-refractivity contribution in [3.8, 4) is 33.8 Å². The summed E-state index contributed by atoms with van der Waals surface area (Å²) in [5, 5.41) is 2.18. The van der Waals surface area contributed by atoms with E-state index < -0.39 is 10.8 Å². The van der Waals surface area contributed by atoms with Crippen LogP contribution in [0.4, 0.5) is 17.1 Å². The molecule has 2 aliphatic carbocycles. The Kier molecular flexibility index (Phi) is 7.29. The van der Waals surface area contributed by atoms with E-state index in [0.717, 1.165) is 61.6 Å². The van der Waals surface area contributed by atoms with E-state index in [-0.39, 0.29) is 0 Å². The number of anilines is 3. The van der Waals surface area contributed by atoms with Crippen LogP contribution in [0.5, 0.6) is 11.5 Å². The van der Waals surface area contributed by atoms with Gasteiger partial charge in [-0.25, -0.2) is 0 Å². The van der Waals surface area contributed by atoms with Gasteiger partial charge in [0.25, 0.3) is 0 Å². The molecule has 0 fully saturated rings. The predicted molar refractivity (Wildman–Crippen MR) is 267 cm³/mol. The summed E-state index contributed by atoms with van der Waals surface area (Å²) in [6.07, 6.45) is 0. The number of ether oxygens (including phenoxy) is 1. The van der Waals surface area contributed by atoms with Crippen molar-refractivity contribution in [2.45, 2.75) is 20.6 Å². The molecule has 0 amide bonds. The number of furan rings is 1. The summed E-state index contributed by atoms with van der Waals surface area (Å²) in [6, 6.07) is 82.6. The van der Waals surface area contributed by atoms with Gasteiger partial charge in [0.1, 0.15) is 22.7 Å². The van der Waals surface area contributed by atoms with Crippen LogP contribution in [0.2, 0.25) is 0 Å². The summed E-state index contributed by atoms with van der Waals surface area (Å²) in [7, 11) is 0. The highest BCUT2D eigenvalue weighted by Gasteiger charge is 2.53. The minimum atomic E-state index is -0.619. The van der Waals surface area contributed by atoms with Gasteiger partial charge in [-0.15, -0.1) is 0 Å². The summed E-state index contributed by atoms with van der Waals surface area (Å²) in [5.74, 6) is 1.76. The Balaban J connectivity index is 1.08. The fourth-order valence-electron chi connectivity index (χ4n) is 12.4. The maximum absolute atomic E-state index is 6.75. The molecule has 10 aromatic carbocycles. The lowest BCUT2D eigenvalue weighted by molar-refractivity contribution is 0.436. The van der Waals surface area contributed by atoms with Crippen LogP contribution < -0.4 is 9.64 Å². The monoisotopic (exact) mass is 859 g/mol. The Morgan fingerprint density at radius 2 is 0.803 bits per heavy atom. The SMILES string of the molecule is c1ccc2c(c1)Oc1ccccc1C21c2ccccc2-c2c(N(c3ccc4oc5ccccc5c4c3)c3cccc4c3-c3ccccc3C43c4ccccc4Sc4ccccc43)cccc21. The standard InChI is InChI=1S/C62H37NO2S/c1-4-20-43-40(18-1)59-49(61(43)45-22-6-11-31-55(45)65-56-32-12-7-23-46(56)61)26-15-28-51(59)63(38-35-36-54-42(37-38)39-17-3-10-30-53(39)64-54)52-29-16-27-50-60(52)41-19-2-5-21-44(41)62(50)47-24-8-13-33-57(47)66-58-34-14-9-25-48(58)62/h1-37H. The first-order valence-electron chi connectivity index (χ1n) is 22.7. The summed E-state index contributed by atoms with van der Waals surface area (Å²) in [4.78, 5) is 5.13. The molecule has 3 heterocycles. The molecule has 2 aliphatic heterocycles. The molecule has 4 aliphatic rings. The Labute approximate surface area is 386 Å². The molecule has 0 atom stereocenters. The maximum atomic E-state index is 6.75. The fraction of sp³-hybridized carbons (Fsp3) is 0.0323. The van der Waals surface area contributed by atoms with Crippen molar-refractivity contribution in [2.24, 2.45) is 0 Å². The first kappa shape index (κ1) is 36.3. The van der Waals surface area contributed by atoms with Gasteiger partial charge in [-0.05, 0) is 105 Å². The fourth-order valence-corrected chi connectivity index (χ4v) is 13.6. The van der Waals surface area contributed by atoms with E-state index in [4.69, 9.17) is 9.15 Å². The Morgan fingerprint density at radius 3 is 1.41 bits per heavy atom. The number of rotatable bonds is 3. The average Bonchev–Trinajstić information content (AvgIpc) is 4.00. The molecule has 0 bridgehead atoms. The van der Waals surface area contributed by atoms with Gasteiger partial charge in [-0.1, -0.05) is 176 Å². The van der Waals surface area contributed by atoms with E-state index in [0.29, 0.717) is 0 Å². The van der Waals surface area contributed by atoms with Crippen LogP contribution in [0.1, 0.15) is 44.5 Å². The van der Waals surface area contributed by atoms with E-state index in [2.05, 4.69) is 223 Å². The smallest absolute Gasteiger partial charge is 0.135 e. The van der Waals surface area contributed by atoms with Crippen LogP contribution in [-0.2, 0) is 10.8 Å². The van der Waals surface area contributed by atoms with E-state index in [1.807, 2.05) is 17.8 Å². The van der Waals surface area contributed by atoms with Crippen LogP contribution in [0.15, 0.2) is 239 Å². The van der Waals surface area contributed by atoms with E-state index in [1.165, 1.54) is 65.4 Å². The van der Waals surface area contributed by atoms with E-state index >= 15 is 0 Å². The Bertz CT molecular complexity index is 3590. The van der Waals surface area contributed by atoms with Gasteiger partial charge in [0.15, 0.2) is 0 Å². The number of para-hydroxylation sites is 3. The van der Waals surface area contributed by atoms with Crippen LogP contribution in [-0.4, -0.2) is 0 Å². The number of nitrogens with zero attached hydrogens (tertiary/aromatic N) is 1. The van der Waals surface area contributed by atoms with Crippen LogP contribution >= 0.6 is 11.8 Å². The quantitative estimate of drug-likeness (QED) is 0.177. The highest BCUT2D eigenvalue weighted by atomic mass is 32.2. The van der Waals surface area contributed by atoms with Crippen molar-refractivity contribution in [1.82, 2.24) is 0 Å². The highest BCUT2D eigenvalue weighted by Crippen LogP contribution is 2.67. The van der Waals surface area contributed by atoms with Gasteiger partial charge >= 0.3 is 0 Å². The van der Waals surface area contributed by atoms with Gasteiger partial charge in [-0.2, -0.15) is 0 Å². The third kappa shape index (κ3) is 4.49. The molecule has 11 aromatic rings. The molecule has 0 N–H and O–H groups in total. The third-order valence-corrected chi connectivity index (χ3v) is 15.9. The van der Waals surface area contributed by atoms with Crippen molar-refractivity contribution in [1.29, 1.82) is 0 Å². The Hall–Kier alpha value is -8.05. The molecule has 66 heavy (non-hydrogen) atoms. The number of hydrogen-bond acceptors (Lipinski definition) is 4. The summed E-state index contributed by atoms with van der Waals surface area (Å²) in [5.41, 5.74) is 18.8. The van der Waals surface area contributed by atoms with Gasteiger partial charge in [0, 0.05) is 48.5 Å². The van der Waals surface area contributed by atoms with Crippen LogP contribution in [0, 0.1) is 0 Å². The normalized spacial score (nSPS) is 14.7. The van der Waals surface area contributed by atoms with Crippen molar-refractivity contribution in [3.63, 3.8) is 0 Å². The number of hydrogen-bond donors (Lipinski definition) is 0. The van der Waals surface area contributed by atoms with E-state index in [1.54, 1.807) is 0 Å². The molecule has 0 saturated heterocycles. The molecule has 308 valence electrons. The second kappa shape index (κ2) is 13.3. The molecule has 1 aromatic heterocycles. The second-order valence-corrected chi connectivity index (χ2v) is 18.9. The van der Waals surface area contributed by atoms with Gasteiger partial charge in [0.05, 0.1) is 22.2 Å². The minimum absolute atomic E-state index is 0.526. The molecule has 15 rings (SSSR count). The lowest BCUT2D eigenvalue weighted by atomic mass is 9.66. The molecule has 0 radical (unpaired) electrons. The zero-order chi connectivity index (χ0) is 43.1. The number of benzene rings is 10. The lowest BCUT2D eigenvalue weighted by Gasteiger charge is -2.40. The summed E-state index contributed by atoms with van der Waals surface area (Å²) in [6.45, 7) is 0.